The van der Waals surface area contributed by atoms with Crippen LogP contribution in [0.15, 0.2) is 15.8 Å². The zero-order valence-corrected chi connectivity index (χ0v) is 15.1. The second-order valence-corrected chi connectivity index (χ2v) is 6.67. The van der Waals surface area contributed by atoms with Gasteiger partial charge in [-0.25, -0.2) is 4.79 Å². The van der Waals surface area contributed by atoms with E-state index < -0.39 is 53.7 Å². The topological polar surface area (TPSA) is 168 Å². The van der Waals surface area contributed by atoms with Crippen LogP contribution in [0.5, 0.6) is 0 Å². The highest BCUT2D eigenvalue weighted by molar-refractivity contribution is 5.88. The van der Waals surface area contributed by atoms with E-state index >= 15 is 0 Å². The SMILES string of the molecule is CC#Cc1cn([C@@H]2O[C@H](C(O)C(=O)[C@@H](N)C(C)C)[C@@H](O)[C@@H]2O)c(=O)[nH]c1=O. The zero-order valence-electron chi connectivity index (χ0n) is 15.1. The van der Waals surface area contributed by atoms with Crippen LogP contribution in [-0.4, -0.2) is 61.1 Å². The van der Waals surface area contributed by atoms with Crippen molar-refractivity contribution in [3.63, 3.8) is 0 Å². The van der Waals surface area contributed by atoms with E-state index in [1.807, 2.05) is 4.98 Å². The van der Waals surface area contributed by atoms with Gasteiger partial charge in [-0.2, -0.15) is 0 Å². The molecule has 27 heavy (non-hydrogen) atoms. The summed E-state index contributed by atoms with van der Waals surface area (Å²) in [6.07, 6.45) is -6.96. The molecule has 6 atom stereocenters. The number of nitrogens with one attached hydrogen (secondary N) is 1. The van der Waals surface area contributed by atoms with E-state index in [0.717, 1.165) is 10.8 Å². The minimum atomic E-state index is -1.80. The number of rotatable bonds is 5. The van der Waals surface area contributed by atoms with Crippen molar-refractivity contribution in [3.8, 4) is 11.8 Å². The van der Waals surface area contributed by atoms with Crippen LogP contribution in [0.2, 0.25) is 0 Å². The number of hydrogen-bond donors (Lipinski definition) is 5. The number of H-pyrrole nitrogens is 1. The maximum atomic E-state index is 12.2. The summed E-state index contributed by atoms with van der Waals surface area (Å²) in [6, 6.07) is -0.991. The van der Waals surface area contributed by atoms with E-state index in [2.05, 4.69) is 11.8 Å². The van der Waals surface area contributed by atoms with E-state index in [1.54, 1.807) is 13.8 Å². The first-order valence-electron chi connectivity index (χ1n) is 8.37. The van der Waals surface area contributed by atoms with Gasteiger partial charge in [-0.3, -0.25) is 19.1 Å². The van der Waals surface area contributed by atoms with Gasteiger partial charge in [-0.15, -0.1) is 5.92 Å². The first kappa shape index (κ1) is 21.0. The van der Waals surface area contributed by atoms with Crippen molar-refractivity contribution in [2.24, 2.45) is 11.7 Å². The summed E-state index contributed by atoms with van der Waals surface area (Å²) in [5, 5.41) is 30.7. The van der Waals surface area contributed by atoms with Gasteiger partial charge >= 0.3 is 5.69 Å². The molecule has 10 nitrogen and oxygen atoms in total. The summed E-state index contributed by atoms with van der Waals surface area (Å²) < 4.78 is 6.25. The fourth-order valence-corrected chi connectivity index (χ4v) is 2.76. The van der Waals surface area contributed by atoms with Crippen molar-refractivity contribution >= 4 is 5.78 Å². The Kier molecular flexibility index (Phi) is 6.35. The molecule has 2 heterocycles. The third-order valence-corrected chi connectivity index (χ3v) is 4.43. The van der Waals surface area contributed by atoms with Crippen LogP contribution < -0.4 is 17.0 Å². The number of aliphatic hydroxyl groups is 3. The Morgan fingerprint density at radius 1 is 1.33 bits per heavy atom. The number of carbonyl (C=O) groups excluding carboxylic acids is 1. The number of ketones is 1. The van der Waals surface area contributed by atoms with Gasteiger partial charge < -0.3 is 25.8 Å². The summed E-state index contributed by atoms with van der Waals surface area (Å²) >= 11 is 0. The lowest BCUT2D eigenvalue weighted by Gasteiger charge is -2.24. The van der Waals surface area contributed by atoms with E-state index in [9.17, 15) is 29.7 Å². The first-order chi connectivity index (χ1) is 12.6. The van der Waals surface area contributed by atoms with Crippen LogP contribution in [-0.2, 0) is 9.53 Å². The lowest BCUT2D eigenvalue weighted by atomic mass is 9.93. The summed E-state index contributed by atoms with van der Waals surface area (Å²) in [5.41, 5.74) is 4.06. The molecule has 1 unspecified atom stereocenters. The number of aromatic amines is 1. The van der Waals surface area contributed by atoms with E-state index in [1.165, 1.54) is 6.92 Å². The Hall–Kier alpha value is -2.29. The number of aliphatic hydroxyl groups excluding tert-OH is 3. The maximum absolute atomic E-state index is 12.2. The Morgan fingerprint density at radius 2 is 1.96 bits per heavy atom. The van der Waals surface area contributed by atoms with Crippen LogP contribution >= 0.6 is 0 Å². The second-order valence-electron chi connectivity index (χ2n) is 6.67. The van der Waals surface area contributed by atoms with Crippen molar-refractivity contribution in [2.45, 2.75) is 57.5 Å². The van der Waals surface area contributed by atoms with Crippen molar-refractivity contribution in [2.75, 3.05) is 0 Å². The molecule has 0 saturated carbocycles. The molecule has 0 radical (unpaired) electrons. The molecule has 148 valence electrons. The molecule has 1 aliphatic heterocycles. The average Bonchev–Trinajstić information content (AvgIpc) is 2.90. The summed E-state index contributed by atoms with van der Waals surface area (Å²) in [4.78, 5) is 38.1. The molecule has 10 heteroatoms. The van der Waals surface area contributed by atoms with Crippen LogP contribution in [0, 0.1) is 17.8 Å². The number of carbonyl (C=O) groups is 1. The quantitative estimate of drug-likeness (QED) is 0.347. The van der Waals surface area contributed by atoms with Gasteiger partial charge in [-0.1, -0.05) is 19.8 Å². The molecular weight excluding hydrogens is 358 g/mol. The van der Waals surface area contributed by atoms with Gasteiger partial charge in [0.05, 0.1) is 6.04 Å². The van der Waals surface area contributed by atoms with Crippen molar-refractivity contribution < 1.29 is 24.9 Å². The predicted octanol–water partition coefficient (Wildman–Crippen LogP) is -2.56. The highest BCUT2D eigenvalue weighted by Crippen LogP contribution is 2.30. The molecule has 1 aliphatic rings. The van der Waals surface area contributed by atoms with Crippen molar-refractivity contribution in [1.82, 2.24) is 9.55 Å². The van der Waals surface area contributed by atoms with E-state index in [4.69, 9.17) is 10.5 Å². The van der Waals surface area contributed by atoms with E-state index in [-0.39, 0.29) is 11.5 Å². The molecule has 2 rings (SSSR count). The minimum Gasteiger partial charge on any atom is -0.387 e. The molecular formula is C17H23N3O7. The third kappa shape index (κ3) is 4.02. The maximum Gasteiger partial charge on any atom is 0.330 e. The minimum absolute atomic E-state index is 0.0516. The van der Waals surface area contributed by atoms with Gasteiger partial charge in [0.15, 0.2) is 12.0 Å². The molecule has 0 aromatic carbocycles. The van der Waals surface area contributed by atoms with Gasteiger partial charge in [0.25, 0.3) is 5.56 Å². The van der Waals surface area contributed by atoms with Gasteiger partial charge in [-0.05, 0) is 12.8 Å². The Balaban J connectivity index is 2.36. The lowest BCUT2D eigenvalue weighted by molar-refractivity contribution is -0.143. The van der Waals surface area contributed by atoms with Crippen LogP contribution in [0.3, 0.4) is 0 Å². The number of nitrogens with two attached hydrogens (primary N) is 1. The van der Waals surface area contributed by atoms with Crippen LogP contribution in [0.4, 0.5) is 0 Å². The van der Waals surface area contributed by atoms with Crippen molar-refractivity contribution in [3.05, 3.63) is 32.6 Å². The Morgan fingerprint density at radius 3 is 2.52 bits per heavy atom. The average molecular weight is 381 g/mol. The zero-order chi connectivity index (χ0) is 20.5. The Bertz CT molecular complexity index is 879. The van der Waals surface area contributed by atoms with Gasteiger partial charge in [0.2, 0.25) is 0 Å². The molecule has 1 aromatic heterocycles. The standard InChI is InChI=1S/C17H23N3O7/c1-4-5-8-6-20(17(26)19-15(8)25)16-13(24)12(23)14(27-16)11(22)10(21)9(18)7(2)3/h6-7,9,11-14,16,22-24H,18H2,1-3H3,(H,19,25,26)/t9-,11?,12-,13-,14+,16+/m0/s1. The molecule has 0 aliphatic carbocycles. The first-order valence-corrected chi connectivity index (χ1v) is 8.37. The number of hydrogen-bond acceptors (Lipinski definition) is 8. The second kappa shape index (κ2) is 8.16. The molecule has 1 saturated heterocycles. The monoisotopic (exact) mass is 381 g/mol. The molecule has 0 bridgehead atoms. The highest BCUT2D eigenvalue weighted by Gasteiger charge is 2.49. The molecule has 0 spiro atoms. The number of ether oxygens (including phenoxy) is 1. The molecule has 6 N–H and O–H groups in total. The third-order valence-electron chi connectivity index (χ3n) is 4.43. The van der Waals surface area contributed by atoms with Crippen molar-refractivity contribution in [1.29, 1.82) is 0 Å². The van der Waals surface area contributed by atoms with E-state index in [0.29, 0.717) is 0 Å². The number of nitrogens with zero attached hydrogens (tertiary/aromatic N) is 1. The molecule has 0 amide bonds. The lowest BCUT2D eigenvalue weighted by Crippen LogP contribution is -2.50. The summed E-state index contributed by atoms with van der Waals surface area (Å²) in [7, 11) is 0. The number of aromatic nitrogens is 2. The molecule has 1 aromatic rings. The smallest absolute Gasteiger partial charge is 0.330 e. The number of Topliss-reactive ketones (excluding diaryl/α,β-unsaturated/α-hetero) is 1. The van der Waals surface area contributed by atoms with Crippen LogP contribution in [0.1, 0.15) is 32.6 Å². The molecule has 1 fully saturated rings. The largest absolute Gasteiger partial charge is 0.387 e. The predicted molar refractivity (Wildman–Crippen MR) is 93.6 cm³/mol. The highest BCUT2D eigenvalue weighted by atomic mass is 16.6. The van der Waals surface area contributed by atoms with Gasteiger partial charge in [0, 0.05) is 6.20 Å². The van der Waals surface area contributed by atoms with Gasteiger partial charge in [0.1, 0.15) is 30.0 Å². The fourth-order valence-electron chi connectivity index (χ4n) is 2.76. The Labute approximate surface area is 154 Å². The van der Waals surface area contributed by atoms with Crippen LogP contribution in [0.25, 0.3) is 0 Å². The summed E-state index contributed by atoms with van der Waals surface area (Å²) in [6.45, 7) is 4.87. The normalized spacial score (nSPS) is 27.1. The fraction of sp³-hybridized carbons (Fsp3) is 0.588. The summed E-state index contributed by atoms with van der Waals surface area (Å²) in [5.74, 6) is 3.99.